The molecule has 0 spiro atoms. The number of benzene rings is 2. The van der Waals surface area contributed by atoms with Gasteiger partial charge in [-0.05, 0) is 36.4 Å². The lowest BCUT2D eigenvalue weighted by Crippen LogP contribution is -2.04. The zero-order valence-corrected chi connectivity index (χ0v) is 14.7. The Morgan fingerprint density at radius 3 is 2.19 bits per heavy atom. The van der Waals surface area contributed by atoms with Crippen molar-refractivity contribution in [2.24, 2.45) is 7.05 Å². The van der Waals surface area contributed by atoms with E-state index in [0.29, 0.717) is 11.3 Å². The molecule has 1 heterocycles. The van der Waals surface area contributed by atoms with Crippen molar-refractivity contribution in [3.05, 3.63) is 66.1 Å². The maximum atomic E-state index is 14.3. The van der Waals surface area contributed by atoms with E-state index >= 15 is 0 Å². The summed E-state index contributed by atoms with van der Waals surface area (Å²) >= 11 is 0. The molecule has 3 aromatic rings. The first-order valence-corrected chi connectivity index (χ1v) is 8.85. The zero-order valence-electron chi connectivity index (χ0n) is 13.9. The Bertz CT molecular complexity index is 1040. The Kier molecular flexibility index (Phi) is 5.08. The lowest BCUT2D eigenvalue weighted by molar-refractivity contribution is 0.292. The summed E-state index contributed by atoms with van der Waals surface area (Å²) in [6.45, 7) is -0.398. The van der Waals surface area contributed by atoms with E-state index in [2.05, 4.69) is 9.17 Å². The van der Waals surface area contributed by atoms with Gasteiger partial charge >= 0.3 is 10.5 Å². The number of nitrogens with zero attached hydrogens (tertiary/aromatic N) is 2. The Balaban J connectivity index is 1.74. The van der Waals surface area contributed by atoms with Crippen LogP contribution in [0, 0.1) is 11.6 Å². The summed E-state index contributed by atoms with van der Waals surface area (Å²) in [4.78, 5) is 3.91. The molecule has 0 unspecified atom stereocenters. The number of imidazole rings is 1. The van der Waals surface area contributed by atoms with Crippen molar-refractivity contribution < 1.29 is 30.0 Å². The number of rotatable bonds is 6. The van der Waals surface area contributed by atoms with Crippen LogP contribution < -0.4 is 8.92 Å². The van der Waals surface area contributed by atoms with Crippen LogP contribution in [0.3, 0.4) is 0 Å². The molecule has 1 aromatic heterocycles. The first-order chi connectivity index (χ1) is 12.7. The van der Waals surface area contributed by atoms with Crippen molar-refractivity contribution in [2.45, 2.75) is 6.61 Å². The van der Waals surface area contributed by atoms with E-state index in [4.69, 9.17) is 4.74 Å². The molecule has 6 nitrogen and oxygen atoms in total. The maximum absolute atomic E-state index is 14.3. The molecule has 0 aliphatic carbocycles. The topological polar surface area (TPSA) is 70.4 Å². The van der Waals surface area contributed by atoms with Crippen molar-refractivity contribution in [3.63, 3.8) is 0 Å². The lowest BCUT2D eigenvalue weighted by atomic mass is 10.1. The predicted octanol–water partition coefficient (Wildman–Crippen LogP) is 3.54. The van der Waals surface area contributed by atoms with Crippen LogP contribution in [-0.4, -0.2) is 18.0 Å². The average molecular weight is 398 g/mol. The molecule has 3 rings (SSSR count). The highest BCUT2D eigenvalue weighted by molar-refractivity contribution is 7.81. The zero-order chi connectivity index (χ0) is 19.6. The molecule has 0 bridgehead atoms. The molecule has 27 heavy (non-hydrogen) atoms. The van der Waals surface area contributed by atoms with Gasteiger partial charge in [0.05, 0.1) is 23.8 Å². The smallest absolute Gasteiger partial charge is 0.488 e. The Labute approximate surface area is 153 Å². The normalized spacial score (nSPS) is 11.4. The highest BCUT2D eigenvalue weighted by Gasteiger charge is 2.15. The summed E-state index contributed by atoms with van der Waals surface area (Å²) in [5, 5.41) is 0. The minimum absolute atomic E-state index is 0.188. The first-order valence-electron chi connectivity index (χ1n) is 7.54. The van der Waals surface area contributed by atoms with Crippen molar-refractivity contribution >= 4 is 10.5 Å². The van der Waals surface area contributed by atoms with E-state index < -0.39 is 28.7 Å². The minimum Gasteiger partial charge on any atom is -0.489 e. The number of hydrogen-bond donors (Lipinski definition) is 0. The van der Waals surface area contributed by atoms with Gasteiger partial charge in [-0.15, -0.1) is 0 Å². The van der Waals surface area contributed by atoms with Crippen LogP contribution >= 0.6 is 0 Å². The minimum atomic E-state index is -5.13. The van der Waals surface area contributed by atoms with Gasteiger partial charge in [-0.25, -0.2) is 13.8 Å². The second-order valence-electron chi connectivity index (χ2n) is 5.54. The van der Waals surface area contributed by atoms with Crippen LogP contribution in [0.4, 0.5) is 12.7 Å². The van der Waals surface area contributed by atoms with Gasteiger partial charge in [-0.1, -0.05) is 3.89 Å². The van der Waals surface area contributed by atoms with Gasteiger partial charge in [0.15, 0.2) is 0 Å². The molecule has 0 saturated heterocycles. The highest BCUT2D eigenvalue weighted by Crippen LogP contribution is 2.26. The summed E-state index contributed by atoms with van der Waals surface area (Å²) in [5.41, 5.74) is 0.619. The average Bonchev–Trinajstić information content (AvgIpc) is 3.00. The SMILES string of the molecule is Cn1cncc1-c1cc(F)c(COc2ccc(OS(=O)(=O)F)cc2)c(F)c1. The van der Waals surface area contributed by atoms with Gasteiger partial charge in [-0.3, -0.25) is 0 Å². The molecule has 0 atom stereocenters. The fraction of sp³-hybridized carbons (Fsp3) is 0.118. The number of hydrogen-bond acceptors (Lipinski definition) is 5. The lowest BCUT2D eigenvalue weighted by Gasteiger charge is -2.11. The second kappa shape index (κ2) is 7.31. The third kappa shape index (κ3) is 4.59. The van der Waals surface area contributed by atoms with E-state index in [1.165, 1.54) is 36.8 Å². The van der Waals surface area contributed by atoms with Crippen molar-refractivity contribution in [1.29, 1.82) is 0 Å². The Morgan fingerprint density at radius 1 is 1.07 bits per heavy atom. The molecular formula is C17H13F3N2O4S. The number of aryl methyl sites for hydroxylation is 1. The molecule has 10 heteroatoms. The molecule has 2 aromatic carbocycles. The summed E-state index contributed by atoms with van der Waals surface area (Å²) in [6.07, 6.45) is 3.01. The molecule has 0 radical (unpaired) electrons. The number of ether oxygens (including phenoxy) is 1. The van der Waals surface area contributed by atoms with Crippen molar-refractivity contribution in [2.75, 3.05) is 0 Å². The quantitative estimate of drug-likeness (QED) is 0.594. The van der Waals surface area contributed by atoms with Crippen LogP contribution in [0.25, 0.3) is 11.3 Å². The summed E-state index contributed by atoms with van der Waals surface area (Å²) in [7, 11) is -3.42. The third-order valence-corrected chi connectivity index (χ3v) is 4.05. The van der Waals surface area contributed by atoms with Crippen molar-refractivity contribution in [1.82, 2.24) is 9.55 Å². The molecular weight excluding hydrogens is 385 g/mol. The number of aromatic nitrogens is 2. The van der Waals surface area contributed by atoms with Gasteiger partial charge in [0.25, 0.3) is 0 Å². The van der Waals surface area contributed by atoms with Crippen LogP contribution in [0.1, 0.15) is 5.56 Å². The van der Waals surface area contributed by atoms with E-state index in [9.17, 15) is 21.1 Å². The van der Waals surface area contributed by atoms with E-state index in [1.807, 2.05) is 0 Å². The monoisotopic (exact) mass is 398 g/mol. The fourth-order valence-corrected chi connectivity index (χ4v) is 2.73. The summed E-state index contributed by atoms with van der Waals surface area (Å²) in [6, 6.07) is 7.21. The Morgan fingerprint density at radius 2 is 1.67 bits per heavy atom. The maximum Gasteiger partial charge on any atom is 0.488 e. The summed E-state index contributed by atoms with van der Waals surface area (Å²) < 4.78 is 72.8. The molecule has 142 valence electrons. The predicted molar refractivity (Wildman–Crippen MR) is 90.0 cm³/mol. The molecule has 0 fully saturated rings. The van der Waals surface area contributed by atoms with E-state index in [-0.39, 0.29) is 17.1 Å². The molecule has 0 saturated carbocycles. The fourth-order valence-electron chi connectivity index (χ4n) is 2.39. The third-order valence-electron chi connectivity index (χ3n) is 3.66. The standard InChI is InChI=1S/C17H13F3N2O4S/c1-22-10-21-8-17(22)11-6-15(18)14(16(19)7-11)9-25-12-2-4-13(5-3-12)26-27(20,23)24/h2-8,10H,9H2,1H3. The number of halogens is 3. The van der Waals surface area contributed by atoms with Crippen LogP contribution in [0.15, 0.2) is 48.9 Å². The van der Waals surface area contributed by atoms with Crippen LogP contribution in [0.2, 0.25) is 0 Å². The Hall–Kier alpha value is -3.01. The summed E-state index contributed by atoms with van der Waals surface area (Å²) in [5.74, 6) is -1.64. The van der Waals surface area contributed by atoms with E-state index in [1.54, 1.807) is 11.6 Å². The van der Waals surface area contributed by atoms with Gasteiger partial charge in [0.2, 0.25) is 0 Å². The highest BCUT2D eigenvalue weighted by atomic mass is 32.3. The van der Waals surface area contributed by atoms with Crippen molar-refractivity contribution in [3.8, 4) is 22.8 Å². The van der Waals surface area contributed by atoms with Crippen LogP contribution in [0.5, 0.6) is 11.5 Å². The van der Waals surface area contributed by atoms with Crippen LogP contribution in [-0.2, 0) is 24.2 Å². The largest absolute Gasteiger partial charge is 0.489 e. The van der Waals surface area contributed by atoms with Gasteiger partial charge in [0, 0.05) is 12.6 Å². The molecule has 0 aliphatic rings. The second-order valence-corrected chi connectivity index (χ2v) is 6.50. The molecule has 0 N–H and O–H groups in total. The molecule has 0 amide bonds. The molecule has 0 aliphatic heterocycles. The first kappa shape index (κ1) is 18.8. The van der Waals surface area contributed by atoms with Gasteiger partial charge in [-0.2, -0.15) is 8.42 Å². The van der Waals surface area contributed by atoms with Gasteiger partial charge < -0.3 is 13.5 Å². The van der Waals surface area contributed by atoms with E-state index in [0.717, 1.165) is 12.1 Å². The van der Waals surface area contributed by atoms with Gasteiger partial charge in [0.1, 0.15) is 29.7 Å².